The average molecular weight is 258 g/mol. The molecule has 7 nitrogen and oxygen atoms in total. The number of aromatic carboxylic acids is 1. The van der Waals surface area contributed by atoms with Gasteiger partial charge >= 0.3 is 5.97 Å². The molecule has 0 heterocycles. The van der Waals surface area contributed by atoms with Crippen LogP contribution in [0.3, 0.4) is 0 Å². The Kier molecular flexibility index (Phi) is 8.29. The molecule has 18 heavy (non-hydrogen) atoms. The van der Waals surface area contributed by atoms with Crippen molar-refractivity contribution in [2.45, 2.75) is 0 Å². The van der Waals surface area contributed by atoms with Crippen LogP contribution < -0.4 is 11.5 Å². The number of hydrogen-bond acceptors (Lipinski definition) is 6. The number of carboxylic acids is 1. The first kappa shape index (κ1) is 16.2. The van der Waals surface area contributed by atoms with Crippen LogP contribution in [-0.2, 0) is 4.74 Å². The van der Waals surface area contributed by atoms with E-state index in [1.165, 1.54) is 6.07 Å². The first-order chi connectivity index (χ1) is 8.54. The number of aliphatic hydroxyl groups excluding tert-OH is 2. The van der Waals surface area contributed by atoms with Crippen molar-refractivity contribution in [1.82, 2.24) is 0 Å². The molecular formula is C11H18N2O5. The van der Waals surface area contributed by atoms with Gasteiger partial charge < -0.3 is 31.5 Å². The van der Waals surface area contributed by atoms with Crippen molar-refractivity contribution in [2.75, 3.05) is 37.9 Å². The van der Waals surface area contributed by atoms with E-state index in [0.29, 0.717) is 18.9 Å². The molecular weight excluding hydrogens is 240 g/mol. The first-order valence-corrected chi connectivity index (χ1v) is 5.21. The molecule has 102 valence electrons. The minimum absolute atomic E-state index is 0.0278. The summed E-state index contributed by atoms with van der Waals surface area (Å²) in [6, 6.07) is 4.52. The highest BCUT2D eigenvalue weighted by Gasteiger charge is 2.07. The second-order valence-corrected chi connectivity index (χ2v) is 3.17. The predicted octanol–water partition coefficient (Wildman–Crippen LogP) is -0.463. The van der Waals surface area contributed by atoms with Gasteiger partial charge in [0.05, 0.1) is 43.4 Å². The van der Waals surface area contributed by atoms with Gasteiger partial charge in [0, 0.05) is 0 Å². The maximum Gasteiger partial charge on any atom is 0.337 e. The Hall–Kier alpha value is -1.83. The van der Waals surface area contributed by atoms with Crippen molar-refractivity contribution >= 4 is 17.3 Å². The van der Waals surface area contributed by atoms with E-state index >= 15 is 0 Å². The van der Waals surface area contributed by atoms with Gasteiger partial charge in [-0.3, -0.25) is 0 Å². The van der Waals surface area contributed by atoms with Crippen LogP contribution in [0.4, 0.5) is 11.4 Å². The molecule has 0 saturated carbocycles. The summed E-state index contributed by atoms with van der Waals surface area (Å²) in [7, 11) is 0. The van der Waals surface area contributed by atoms with Crippen LogP contribution in [0, 0.1) is 0 Å². The molecule has 7 N–H and O–H groups in total. The maximum atomic E-state index is 10.4. The van der Waals surface area contributed by atoms with Gasteiger partial charge in [0.1, 0.15) is 0 Å². The smallest absolute Gasteiger partial charge is 0.337 e. The number of carbonyl (C=O) groups is 1. The zero-order valence-corrected chi connectivity index (χ0v) is 9.87. The van der Waals surface area contributed by atoms with E-state index in [4.69, 9.17) is 26.8 Å². The largest absolute Gasteiger partial charge is 0.478 e. The molecule has 0 bridgehead atoms. The molecule has 0 aliphatic heterocycles. The van der Waals surface area contributed by atoms with Gasteiger partial charge in [0.25, 0.3) is 0 Å². The molecule has 0 amide bonds. The van der Waals surface area contributed by atoms with Crippen molar-refractivity contribution < 1.29 is 24.9 Å². The fourth-order valence-electron chi connectivity index (χ4n) is 1.00. The van der Waals surface area contributed by atoms with Crippen LogP contribution in [0.25, 0.3) is 0 Å². The van der Waals surface area contributed by atoms with Crippen LogP contribution in [0.2, 0.25) is 0 Å². The van der Waals surface area contributed by atoms with E-state index in [-0.39, 0.29) is 24.5 Å². The Morgan fingerprint density at radius 3 is 2.11 bits per heavy atom. The lowest BCUT2D eigenvalue weighted by atomic mass is 10.1. The van der Waals surface area contributed by atoms with Gasteiger partial charge in [-0.05, 0) is 12.1 Å². The molecule has 0 saturated heterocycles. The summed E-state index contributed by atoms with van der Waals surface area (Å²) in [5.41, 5.74) is 11.2. The highest BCUT2D eigenvalue weighted by molar-refractivity contribution is 5.96. The van der Waals surface area contributed by atoms with E-state index in [1.807, 2.05) is 0 Å². The minimum atomic E-state index is -1.06. The molecule has 1 aromatic rings. The second-order valence-electron chi connectivity index (χ2n) is 3.17. The topological polar surface area (TPSA) is 139 Å². The van der Waals surface area contributed by atoms with E-state index in [0.717, 1.165) is 0 Å². The lowest BCUT2D eigenvalue weighted by molar-refractivity contribution is 0.0650. The van der Waals surface area contributed by atoms with Gasteiger partial charge in [0.15, 0.2) is 0 Å². The third kappa shape index (κ3) is 6.04. The van der Waals surface area contributed by atoms with Crippen LogP contribution in [0.15, 0.2) is 18.2 Å². The monoisotopic (exact) mass is 258 g/mol. The number of nitrogens with two attached hydrogens (primary N) is 2. The summed E-state index contributed by atoms with van der Waals surface area (Å²) < 4.78 is 4.63. The number of benzene rings is 1. The van der Waals surface area contributed by atoms with Crippen molar-refractivity contribution in [1.29, 1.82) is 0 Å². The van der Waals surface area contributed by atoms with E-state index < -0.39 is 5.97 Å². The number of ether oxygens (including phenoxy) is 1. The third-order valence-corrected chi connectivity index (χ3v) is 1.84. The van der Waals surface area contributed by atoms with E-state index in [1.54, 1.807) is 12.1 Å². The lowest BCUT2D eigenvalue weighted by Gasteiger charge is -2.01. The molecule has 0 unspecified atom stereocenters. The molecule has 0 aliphatic carbocycles. The number of rotatable bonds is 5. The molecule has 0 aromatic heterocycles. The summed E-state index contributed by atoms with van der Waals surface area (Å²) in [6.07, 6.45) is 0. The van der Waals surface area contributed by atoms with E-state index in [2.05, 4.69) is 4.74 Å². The van der Waals surface area contributed by atoms with Crippen molar-refractivity contribution in [3.63, 3.8) is 0 Å². The summed E-state index contributed by atoms with van der Waals surface area (Å²) in [4.78, 5) is 10.4. The summed E-state index contributed by atoms with van der Waals surface area (Å²) in [5, 5.41) is 24.7. The molecule has 0 spiro atoms. The molecule has 1 aromatic carbocycles. The van der Waals surface area contributed by atoms with Gasteiger partial charge in [0.2, 0.25) is 0 Å². The zero-order chi connectivity index (χ0) is 14.0. The number of nitrogen functional groups attached to an aromatic ring is 2. The predicted molar refractivity (Wildman–Crippen MR) is 67.2 cm³/mol. The Bertz CT molecular complexity index is 366. The fourth-order valence-corrected chi connectivity index (χ4v) is 1.00. The minimum Gasteiger partial charge on any atom is -0.478 e. The number of para-hydroxylation sites is 1. The third-order valence-electron chi connectivity index (χ3n) is 1.84. The second kappa shape index (κ2) is 9.23. The normalized spacial score (nSPS) is 9.44. The molecule has 1 rings (SSSR count). The maximum absolute atomic E-state index is 10.4. The fraction of sp³-hybridized carbons (Fsp3) is 0.364. The highest BCUT2D eigenvalue weighted by atomic mass is 16.5. The molecule has 7 heteroatoms. The van der Waals surface area contributed by atoms with Crippen molar-refractivity contribution in [2.24, 2.45) is 0 Å². The summed E-state index contributed by atoms with van der Waals surface area (Å²) >= 11 is 0. The van der Waals surface area contributed by atoms with Crippen LogP contribution in [0.5, 0.6) is 0 Å². The first-order valence-electron chi connectivity index (χ1n) is 5.21. The Morgan fingerprint density at radius 1 is 1.17 bits per heavy atom. The Balaban J connectivity index is 0.000000360. The van der Waals surface area contributed by atoms with Gasteiger partial charge in [-0.1, -0.05) is 6.07 Å². The zero-order valence-electron chi connectivity index (χ0n) is 9.87. The summed E-state index contributed by atoms with van der Waals surface area (Å²) in [5.74, 6) is -1.06. The number of hydrogen-bond donors (Lipinski definition) is 5. The van der Waals surface area contributed by atoms with Crippen LogP contribution in [-0.4, -0.2) is 47.7 Å². The Labute approximate surface area is 105 Å². The number of anilines is 2. The standard InChI is InChI=1S/C7H8N2O2.C4H10O3/c8-5-3-1-2-4(6(5)9)7(10)11;5-1-3-7-4-2-6/h1-3H,8-9H2,(H,10,11);5-6H,1-4H2. The van der Waals surface area contributed by atoms with E-state index in [9.17, 15) is 4.79 Å². The average Bonchev–Trinajstić information content (AvgIpc) is 2.34. The van der Waals surface area contributed by atoms with Crippen molar-refractivity contribution in [3.8, 4) is 0 Å². The van der Waals surface area contributed by atoms with Crippen LogP contribution >= 0.6 is 0 Å². The number of carboxylic acid groups (broad SMARTS) is 1. The highest BCUT2D eigenvalue weighted by Crippen LogP contribution is 2.18. The van der Waals surface area contributed by atoms with Crippen LogP contribution in [0.1, 0.15) is 10.4 Å². The van der Waals surface area contributed by atoms with Crippen molar-refractivity contribution in [3.05, 3.63) is 23.8 Å². The van der Waals surface area contributed by atoms with Gasteiger partial charge in [-0.25, -0.2) is 4.79 Å². The SMILES string of the molecule is Nc1cccc(C(=O)O)c1N.OCCOCCO. The lowest BCUT2D eigenvalue weighted by Crippen LogP contribution is -2.04. The quantitative estimate of drug-likeness (QED) is 0.355. The Morgan fingerprint density at radius 2 is 1.72 bits per heavy atom. The molecule has 0 radical (unpaired) electrons. The van der Waals surface area contributed by atoms with Gasteiger partial charge in [-0.15, -0.1) is 0 Å². The van der Waals surface area contributed by atoms with Gasteiger partial charge in [-0.2, -0.15) is 0 Å². The number of aliphatic hydroxyl groups is 2. The molecule has 0 aliphatic rings. The molecule has 0 fully saturated rings. The molecule has 0 atom stereocenters. The summed E-state index contributed by atoms with van der Waals surface area (Å²) in [6.45, 7) is 0.696.